The van der Waals surface area contributed by atoms with Gasteiger partial charge in [0.05, 0.1) is 23.8 Å². The fourth-order valence-electron chi connectivity index (χ4n) is 4.72. The zero-order valence-corrected chi connectivity index (χ0v) is 27.8. The molecule has 15 heteroatoms. The summed E-state index contributed by atoms with van der Waals surface area (Å²) in [4.78, 5) is 51.8. The molecule has 0 bridgehead atoms. The summed E-state index contributed by atoms with van der Waals surface area (Å²) < 4.78 is 38.8. The van der Waals surface area contributed by atoms with E-state index >= 15 is 0 Å². The van der Waals surface area contributed by atoms with E-state index in [2.05, 4.69) is 21.3 Å². The average Bonchev–Trinajstić information content (AvgIpc) is 3.52. The average molecular weight is 686 g/mol. The topological polar surface area (TPSA) is 183 Å². The van der Waals surface area contributed by atoms with Crippen molar-refractivity contribution >= 4 is 40.7 Å². The summed E-state index contributed by atoms with van der Waals surface area (Å²) >= 11 is 1.39. The molecule has 0 fully saturated rings. The summed E-state index contributed by atoms with van der Waals surface area (Å²) in [6.07, 6.45) is -5.06. The number of nitrogens with one attached hydrogen (secondary N) is 4. The van der Waals surface area contributed by atoms with Crippen LogP contribution in [0.1, 0.15) is 63.8 Å². The number of hydrogen-bond acceptors (Lipinski definition) is 8. The van der Waals surface area contributed by atoms with Crippen LogP contribution in [0.15, 0.2) is 41.8 Å². The van der Waals surface area contributed by atoms with Crippen molar-refractivity contribution in [2.75, 3.05) is 11.9 Å². The monoisotopic (exact) mass is 685 g/mol. The molecule has 0 spiro atoms. The number of alkyl halides is 3. The molecule has 3 amide bonds. The van der Waals surface area contributed by atoms with Gasteiger partial charge in [-0.2, -0.15) is 13.2 Å². The van der Waals surface area contributed by atoms with Crippen molar-refractivity contribution < 1.29 is 42.6 Å². The number of aliphatic hydroxyl groups excluding tert-OH is 1. The number of amides is 3. The normalized spacial score (nSPS) is 15.5. The number of halogens is 3. The van der Waals surface area contributed by atoms with E-state index in [4.69, 9.17) is 10.8 Å². The van der Waals surface area contributed by atoms with Gasteiger partial charge in [0.2, 0.25) is 17.7 Å². The molecule has 0 aliphatic heterocycles. The van der Waals surface area contributed by atoms with Crippen LogP contribution in [-0.2, 0) is 31.8 Å². The van der Waals surface area contributed by atoms with Crippen LogP contribution < -0.4 is 27.0 Å². The van der Waals surface area contributed by atoms with Crippen molar-refractivity contribution in [3.8, 4) is 0 Å². The van der Waals surface area contributed by atoms with Gasteiger partial charge in [-0.15, -0.1) is 11.3 Å². The third-order valence-corrected chi connectivity index (χ3v) is 8.56. The zero-order chi connectivity index (χ0) is 35.3. The van der Waals surface area contributed by atoms with Crippen molar-refractivity contribution in [1.82, 2.24) is 16.0 Å². The molecular weight excluding hydrogens is 639 g/mol. The van der Waals surface area contributed by atoms with E-state index in [9.17, 15) is 37.5 Å². The highest BCUT2D eigenvalue weighted by Gasteiger charge is 2.33. The van der Waals surface area contributed by atoms with Crippen molar-refractivity contribution in [2.45, 2.75) is 96.2 Å². The van der Waals surface area contributed by atoms with Crippen LogP contribution in [-0.4, -0.2) is 70.7 Å². The standard InChI is InChI=1S/C32H46F3N5O6S/c1-5-19(4)28(40-29(44)23(36)12-13-27(42)43)31(46)39-25(16-22-7-6-14-47-22)30(45)38-24(15-18(2)3)26(41)17-37-21-10-8-20(9-11-21)32(33,34)35/h6-11,14,18-19,23-26,28,37,41H,5,12-13,15-17,36H2,1-4H3,(H,38,45)(H,39,46)(H,40,44)(H,42,43)/t19-,23-,24-,25-,26+,28-/m0/s1. The molecule has 0 saturated carbocycles. The lowest BCUT2D eigenvalue weighted by Crippen LogP contribution is -2.59. The van der Waals surface area contributed by atoms with Gasteiger partial charge in [-0.25, -0.2) is 0 Å². The van der Waals surface area contributed by atoms with Gasteiger partial charge in [-0.3, -0.25) is 19.2 Å². The third kappa shape index (κ3) is 13.5. The predicted octanol–water partition coefficient (Wildman–Crippen LogP) is 3.52. The summed E-state index contributed by atoms with van der Waals surface area (Å²) in [5.41, 5.74) is 5.41. The Bertz CT molecular complexity index is 1290. The Kier molecular flexibility index (Phi) is 15.6. The van der Waals surface area contributed by atoms with E-state index in [1.54, 1.807) is 19.1 Å². The molecule has 1 aromatic heterocycles. The molecule has 47 heavy (non-hydrogen) atoms. The Balaban J connectivity index is 2.20. The van der Waals surface area contributed by atoms with Gasteiger partial charge in [0.1, 0.15) is 12.1 Å². The Hall–Kier alpha value is -3.69. The Labute approximate surface area is 276 Å². The molecule has 1 aromatic carbocycles. The second-order valence-corrected chi connectivity index (χ2v) is 13.1. The molecule has 6 atom stereocenters. The Morgan fingerprint density at radius 2 is 1.62 bits per heavy atom. The maximum absolute atomic E-state index is 13.7. The van der Waals surface area contributed by atoms with E-state index in [0.717, 1.165) is 17.0 Å². The number of carboxylic acids is 1. The SMILES string of the molecule is CC[C@H](C)[C@H](NC(=O)[C@@H](N)CCC(=O)O)C(=O)N[C@@H](Cc1cccs1)C(=O)N[C@@H](CC(C)C)[C@H](O)CNc1ccc(C(F)(F)F)cc1. The number of carbonyl (C=O) groups excluding carboxylic acids is 3. The summed E-state index contributed by atoms with van der Waals surface area (Å²) in [5, 5.41) is 32.9. The molecule has 0 aliphatic rings. The summed E-state index contributed by atoms with van der Waals surface area (Å²) in [7, 11) is 0. The Morgan fingerprint density at radius 3 is 2.15 bits per heavy atom. The van der Waals surface area contributed by atoms with Crippen molar-refractivity contribution in [1.29, 1.82) is 0 Å². The van der Waals surface area contributed by atoms with E-state index < -0.39 is 65.7 Å². The van der Waals surface area contributed by atoms with Crippen LogP contribution >= 0.6 is 11.3 Å². The molecule has 0 aliphatic carbocycles. The molecule has 0 radical (unpaired) electrons. The van der Waals surface area contributed by atoms with E-state index in [1.807, 2.05) is 26.2 Å². The van der Waals surface area contributed by atoms with E-state index in [0.29, 0.717) is 18.5 Å². The van der Waals surface area contributed by atoms with Crippen LogP contribution in [0.25, 0.3) is 0 Å². The number of aliphatic carboxylic acids is 1. The third-order valence-electron chi connectivity index (χ3n) is 7.66. The van der Waals surface area contributed by atoms with Gasteiger partial charge < -0.3 is 37.2 Å². The maximum Gasteiger partial charge on any atom is 0.416 e. The fourth-order valence-corrected chi connectivity index (χ4v) is 5.47. The van der Waals surface area contributed by atoms with Crippen LogP contribution in [0.4, 0.5) is 18.9 Å². The second kappa shape index (κ2) is 18.6. The van der Waals surface area contributed by atoms with Gasteiger partial charge >= 0.3 is 12.1 Å². The number of nitrogens with two attached hydrogens (primary N) is 1. The van der Waals surface area contributed by atoms with Gasteiger partial charge in [0.15, 0.2) is 0 Å². The zero-order valence-electron chi connectivity index (χ0n) is 27.0. The Morgan fingerprint density at radius 1 is 0.957 bits per heavy atom. The molecule has 0 unspecified atom stereocenters. The number of carbonyl (C=O) groups is 4. The van der Waals surface area contributed by atoms with Gasteiger partial charge in [0, 0.05) is 30.0 Å². The second-order valence-electron chi connectivity index (χ2n) is 12.0. The quantitative estimate of drug-likeness (QED) is 0.117. The molecule has 0 saturated heterocycles. The molecular formula is C32H46F3N5O6S. The number of aliphatic hydroxyl groups is 1. The van der Waals surface area contributed by atoms with Crippen molar-refractivity contribution in [3.63, 3.8) is 0 Å². The molecule has 11 nitrogen and oxygen atoms in total. The summed E-state index contributed by atoms with van der Waals surface area (Å²) in [5.74, 6) is -3.31. The minimum Gasteiger partial charge on any atom is -0.481 e. The van der Waals surface area contributed by atoms with Crippen LogP contribution in [0, 0.1) is 11.8 Å². The van der Waals surface area contributed by atoms with Gasteiger partial charge in [-0.05, 0) is 60.4 Å². The first kappa shape index (κ1) is 39.5. The number of anilines is 1. The van der Waals surface area contributed by atoms with Gasteiger partial charge in [-0.1, -0.05) is 40.2 Å². The first-order chi connectivity index (χ1) is 22.0. The number of hydrogen-bond donors (Lipinski definition) is 7. The van der Waals surface area contributed by atoms with Gasteiger partial charge in [0.25, 0.3) is 0 Å². The number of rotatable bonds is 19. The van der Waals surface area contributed by atoms with Crippen molar-refractivity contribution in [3.05, 3.63) is 52.2 Å². The molecule has 262 valence electrons. The van der Waals surface area contributed by atoms with Crippen LogP contribution in [0.3, 0.4) is 0 Å². The first-order valence-electron chi connectivity index (χ1n) is 15.5. The molecule has 8 N–H and O–H groups in total. The minimum absolute atomic E-state index is 0.0432. The highest BCUT2D eigenvalue weighted by Crippen LogP contribution is 2.29. The van der Waals surface area contributed by atoms with Crippen LogP contribution in [0.5, 0.6) is 0 Å². The lowest BCUT2D eigenvalue weighted by Gasteiger charge is -2.30. The molecule has 2 rings (SSSR count). The predicted molar refractivity (Wildman–Crippen MR) is 174 cm³/mol. The largest absolute Gasteiger partial charge is 0.481 e. The first-order valence-corrected chi connectivity index (χ1v) is 16.4. The molecule has 1 heterocycles. The minimum atomic E-state index is -4.48. The highest BCUT2D eigenvalue weighted by atomic mass is 32.1. The number of thiophene rings is 1. The lowest BCUT2D eigenvalue weighted by atomic mass is 9.96. The fraction of sp³-hybridized carbons (Fsp3) is 0.562. The summed E-state index contributed by atoms with van der Waals surface area (Å²) in [6, 6.07) is 3.90. The lowest BCUT2D eigenvalue weighted by molar-refractivity contribution is -0.138. The molecule has 2 aromatic rings. The number of carboxylic acid groups (broad SMARTS) is 1. The van der Waals surface area contributed by atoms with Crippen molar-refractivity contribution in [2.24, 2.45) is 17.6 Å². The van der Waals surface area contributed by atoms with Crippen LogP contribution in [0.2, 0.25) is 0 Å². The number of benzene rings is 1. The maximum atomic E-state index is 13.7. The van der Waals surface area contributed by atoms with E-state index in [1.165, 1.54) is 23.5 Å². The van der Waals surface area contributed by atoms with E-state index in [-0.39, 0.29) is 37.6 Å². The smallest absolute Gasteiger partial charge is 0.416 e. The summed E-state index contributed by atoms with van der Waals surface area (Å²) in [6.45, 7) is 7.31. The highest BCUT2D eigenvalue weighted by molar-refractivity contribution is 7.09.